The van der Waals surface area contributed by atoms with E-state index in [1.54, 1.807) is 0 Å². The van der Waals surface area contributed by atoms with E-state index in [4.69, 9.17) is 10.2 Å². The maximum absolute atomic E-state index is 11.8. The summed E-state index contributed by atoms with van der Waals surface area (Å²) in [6.45, 7) is -0.362. The van der Waals surface area contributed by atoms with Crippen LogP contribution in [0.1, 0.15) is 0 Å². The van der Waals surface area contributed by atoms with Gasteiger partial charge in [0, 0.05) is 5.08 Å². The van der Waals surface area contributed by atoms with E-state index in [1.165, 1.54) is 40.8 Å². The summed E-state index contributed by atoms with van der Waals surface area (Å²) in [5, 5.41) is 22.7. The molecule has 4 N–H and O–H groups in total. The SMILES string of the molecule is O=C(NCSC/N=C/S(=O)CSCSC(=O)NCSC/N=C/OOCCO)OCCO. The number of hydrogen-bond donors (Lipinski definition) is 4. The Morgan fingerprint density at radius 3 is 2.45 bits per heavy atom. The molecule has 0 rings (SSSR count). The molecule has 17 heteroatoms. The van der Waals surface area contributed by atoms with Gasteiger partial charge in [-0.05, 0) is 0 Å². The molecule has 0 heterocycles. The predicted molar refractivity (Wildman–Crippen MR) is 129 cm³/mol. The number of nitrogens with zero attached hydrogens (tertiary/aromatic N) is 2. The third kappa shape index (κ3) is 23.8. The Morgan fingerprint density at radius 1 is 1.00 bits per heavy atom. The zero-order chi connectivity index (χ0) is 23.0. The standard InChI is InChI=1S/C14H26N4O8S5/c19-1-3-24-13(21)17-8-28-7-16-10-31(23)12-29-11-30-14(22)18-9-27-6-15-5-26-25-4-2-20/h5,10,19-20H,1-4,6-9,11-12H2,(H,17,21)(H,18,22)/b15-5+,16-10+. The zero-order valence-electron chi connectivity index (χ0n) is 16.5. The van der Waals surface area contributed by atoms with Crippen molar-refractivity contribution in [2.24, 2.45) is 9.98 Å². The fourth-order valence-electron chi connectivity index (χ4n) is 1.19. The monoisotopic (exact) mass is 538 g/mol. The molecule has 0 spiro atoms. The van der Waals surface area contributed by atoms with Gasteiger partial charge < -0.3 is 30.5 Å². The van der Waals surface area contributed by atoms with Crippen LogP contribution in [0.15, 0.2) is 9.98 Å². The molecule has 0 aliphatic heterocycles. The summed E-state index contributed by atoms with van der Waals surface area (Å²) in [6.07, 6.45) is 0.500. The summed E-state index contributed by atoms with van der Waals surface area (Å²) < 4.78 is 16.4. The highest BCUT2D eigenvalue weighted by molar-refractivity contribution is 8.27. The van der Waals surface area contributed by atoms with Gasteiger partial charge in [0.15, 0.2) is 0 Å². The van der Waals surface area contributed by atoms with Crippen LogP contribution in [-0.2, 0) is 25.3 Å². The van der Waals surface area contributed by atoms with Crippen molar-refractivity contribution in [2.45, 2.75) is 0 Å². The van der Waals surface area contributed by atoms with Crippen molar-refractivity contribution in [2.75, 3.05) is 60.1 Å². The number of ether oxygens (including phenoxy) is 1. The maximum atomic E-state index is 11.8. The van der Waals surface area contributed by atoms with Crippen LogP contribution in [0, 0.1) is 0 Å². The van der Waals surface area contributed by atoms with E-state index in [0.717, 1.165) is 18.2 Å². The fraction of sp³-hybridized carbons (Fsp3) is 0.714. The summed E-state index contributed by atoms with van der Waals surface area (Å²) in [6, 6.07) is 0. The number of rotatable bonds is 19. The van der Waals surface area contributed by atoms with Crippen molar-refractivity contribution >= 4 is 81.1 Å². The van der Waals surface area contributed by atoms with Crippen molar-refractivity contribution in [3.63, 3.8) is 0 Å². The van der Waals surface area contributed by atoms with Crippen molar-refractivity contribution in [1.29, 1.82) is 0 Å². The number of nitrogens with one attached hydrogen (secondary N) is 2. The number of aliphatic hydroxyl groups is 2. The van der Waals surface area contributed by atoms with E-state index in [-0.39, 0.29) is 37.5 Å². The molecule has 0 aliphatic carbocycles. The first kappa shape index (κ1) is 30.3. The molecule has 1 atom stereocenters. The lowest BCUT2D eigenvalue weighted by atomic mass is 10.8. The minimum absolute atomic E-state index is 0.0569. The first-order valence-electron chi connectivity index (χ1n) is 8.50. The Kier molecular flexibility index (Phi) is 23.4. The van der Waals surface area contributed by atoms with Crippen molar-refractivity contribution in [3.8, 4) is 0 Å². The lowest BCUT2D eigenvalue weighted by molar-refractivity contribution is -0.221. The molecule has 0 fully saturated rings. The summed E-state index contributed by atoms with van der Waals surface area (Å²) in [7, 11) is -1.25. The van der Waals surface area contributed by atoms with Crippen LogP contribution in [0.25, 0.3) is 0 Å². The van der Waals surface area contributed by atoms with Crippen molar-refractivity contribution in [1.82, 2.24) is 10.6 Å². The molecule has 0 aliphatic rings. The lowest BCUT2D eigenvalue weighted by Gasteiger charge is -2.04. The normalized spacial score (nSPS) is 12.2. The second-order valence-electron chi connectivity index (χ2n) is 4.64. The van der Waals surface area contributed by atoms with E-state index in [9.17, 15) is 13.8 Å². The number of thioether (sulfide) groups is 4. The van der Waals surface area contributed by atoms with Gasteiger partial charge in [0.2, 0.25) is 6.40 Å². The molecular weight excluding hydrogens is 513 g/mol. The molecule has 0 aromatic rings. The molecule has 12 nitrogen and oxygen atoms in total. The van der Waals surface area contributed by atoms with Gasteiger partial charge in [-0.25, -0.2) is 9.79 Å². The topological polar surface area (TPSA) is 168 Å². The molecule has 2 amide bonds. The number of carbonyl (C=O) groups is 2. The average Bonchev–Trinajstić information content (AvgIpc) is 2.76. The number of hydrogen-bond acceptors (Lipinski definition) is 14. The first-order chi connectivity index (χ1) is 15.1. The molecule has 0 saturated carbocycles. The smallest absolute Gasteiger partial charge is 0.407 e. The third-order valence-electron chi connectivity index (χ3n) is 2.32. The van der Waals surface area contributed by atoms with Gasteiger partial charge in [-0.2, -0.15) is 4.89 Å². The van der Waals surface area contributed by atoms with E-state index >= 15 is 0 Å². The van der Waals surface area contributed by atoms with Crippen molar-refractivity contribution in [3.05, 3.63) is 0 Å². The zero-order valence-corrected chi connectivity index (χ0v) is 20.6. The highest BCUT2D eigenvalue weighted by atomic mass is 32.2. The summed E-state index contributed by atoms with van der Waals surface area (Å²) in [5.41, 5.74) is 1.34. The Bertz CT molecular complexity index is 559. The summed E-state index contributed by atoms with van der Waals surface area (Å²) in [5.74, 6) is 1.38. The van der Waals surface area contributed by atoms with E-state index in [1.807, 2.05) is 0 Å². The van der Waals surface area contributed by atoms with E-state index in [0.29, 0.717) is 27.8 Å². The molecule has 0 radical (unpaired) electrons. The van der Waals surface area contributed by atoms with Crippen LogP contribution in [0.4, 0.5) is 9.59 Å². The maximum Gasteiger partial charge on any atom is 0.407 e. The van der Waals surface area contributed by atoms with Gasteiger partial charge in [0.05, 0.1) is 58.2 Å². The van der Waals surface area contributed by atoms with Gasteiger partial charge >= 0.3 is 6.09 Å². The van der Waals surface area contributed by atoms with Gasteiger partial charge in [-0.1, -0.05) is 11.8 Å². The number of aliphatic hydroxyl groups excluding tert-OH is 2. The Labute approximate surface area is 199 Å². The molecule has 0 aromatic heterocycles. The van der Waals surface area contributed by atoms with E-state index < -0.39 is 16.9 Å². The van der Waals surface area contributed by atoms with Crippen LogP contribution < -0.4 is 10.6 Å². The Balaban J connectivity index is 3.51. The van der Waals surface area contributed by atoms with Gasteiger partial charge in [-0.3, -0.25) is 14.0 Å². The Morgan fingerprint density at radius 2 is 1.71 bits per heavy atom. The summed E-state index contributed by atoms with van der Waals surface area (Å²) in [4.78, 5) is 39.6. The number of amides is 2. The molecule has 0 bridgehead atoms. The summed E-state index contributed by atoms with van der Waals surface area (Å²) >= 11 is 5.11. The van der Waals surface area contributed by atoms with Crippen LogP contribution in [0.2, 0.25) is 0 Å². The highest BCUT2D eigenvalue weighted by Gasteiger charge is 2.03. The average molecular weight is 539 g/mol. The quantitative estimate of drug-likeness (QED) is 0.0457. The first-order valence-corrected chi connectivity index (χ1v) is 14.3. The largest absolute Gasteiger partial charge is 0.447 e. The third-order valence-corrected chi connectivity index (χ3v) is 7.20. The van der Waals surface area contributed by atoms with Crippen LogP contribution in [0.5, 0.6) is 0 Å². The second-order valence-corrected chi connectivity index (χ2v) is 10.5. The minimum atomic E-state index is -1.25. The Hall–Kier alpha value is -0.690. The number of alkyl carbamates (subject to hydrolysis) is 1. The fourth-order valence-corrected chi connectivity index (χ4v) is 5.32. The van der Waals surface area contributed by atoms with Gasteiger partial charge in [0.25, 0.3) is 5.24 Å². The van der Waals surface area contributed by atoms with Gasteiger partial charge in [-0.15, -0.1) is 35.3 Å². The molecule has 0 aromatic carbocycles. The van der Waals surface area contributed by atoms with Gasteiger partial charge in [0.1, 0.15) is 13.2 Å². The van der Waals surface area contributed by atoms with Crippen LogP contribution in [-0.4, -0.2) is 97.8 Å². The second kappa shape index (κ2) is 24.0. The van der Waals surface area contributed by atoms with Crippen molar-refractivity contribution < 1.29 is 38.5 Å². The van der Waals surface area contributed by atoms with E-state index in [2.05, 4.69) is 35.1 Å². The number of aliphatic imine (C=N–C) groups is 2. The molecule has 180 valence electrons. The molecule has 1 unspecified atom stereocenters. The molecule has 31 heavy (non-hydrogen) atoms. The molecule has 0 saturated heterocycles. The number of carbonyl (C=O) groups excluding carboxylic acids is 2. The minimum Gasteiger partial charge on any atom is -0.447 e. The highest BCUT2D eigenvalue weighted by Crippen LogP contribution is 2.14. The van der Waals surface area contributed by atoms with Crippen LogP contribution >= 0.6 is 47.0 Å². The van der Waals surface area contributed by atoms with Crippen LogP contribution in [0.3, 0.4) is 0 Å². The predicted octanol–water partition coefficient (Wildman–Crippen LogP) is 0.838. The lowest BCUT2D eigenvalue weighted by Crippen LogP contribution is -2.24. The molecular formula is C14H26N4O8S5.